The van der Waals surface area contributed by atoms with Crippen LogP contribution in [0.15, 0.2) is 16.0 Å². The molecule has 0 saturated carbocycles. The maximum absolute atomic E-state index is 12.0. The van der Waals surface area contributed by atoms with Crippen LogP contribution >= 0.6 is 0 Å². The van der Waals surface area contributed by atoms with E-state index in [1.807, 2.05) is 0 Å². The Hall–Kier alpha value is -2.09. The molecule has 1 atom stereocenters. The van der Waals surface area contributed by atoms with E-state index in [1.165, 1.54) is 0 Å². The molecule has 0 aliphatic carbocycles. The molecule has 1 aromatic heterocycles. The van der Waals surface area contributed by atoms with Crippen LogP contribution in [0, 0.1) is 0 Å². The van der Waals surface area contributed by atoms with Gasteiger partial charge < -0.3 is 24.1 Å². The number of rotatable bonds is 4. The Morgan fingerprint density at radius 3 is 2.95 bits per heavy atom. The predicted octanol–water partition coefficient (Wildman–Crippen LogP) is 0.816. The molecule has 1 N–H and O–H groups in total. The van der Waals surface area contributed by atoms with Crippen LogP contribution in [0.5, 0.6) is 0 Å². The number of ether oxygens (including phenoxy) is 3. The topological polar surface area (TPSA) is 95.7 Å². The first-order chi connectivity index (χ1) is 10.2. The largest absolute Gasteiger partial charge is 0.491 e. The number of hydrogen-bond donors (Lipinski definition) is 1. The Bertz CT molecular complexity index is 548. The van der Waals surface area contributed by atoms with Gasteiger partial charge in [0, 0.05) is 6.61 Å². The molecular weight excluding hydrogens is 278 g/mol. The third kappa shape index (κ3) is 3.15. The van der Waals surface area contributed by atoms with E-state index in [2.05, 4.69) is 15.5 Å². The monoisotopic (exact) mass is 295 g/mol. The summed E-state index contributed by atoms with van der Waals surface area (Å²) in [5.74, 6) is 1.19. The molecule has 1 unspecified atom stereocenters. The molecule has 0 bridgehead atoms. The molecule has 8 heteroatoms. The lowest BCUT2D eigenvalue weighted by Gasteiger charge is -2.18. The lowest BCUT2D eigenvalue weighted by Crippen LogP contribution is -2.29. The van der Waals surface area contributed by atoms with Gasteiger partial charge >= 0.3 is 0 Å². The fourth-order valence-corrected chi connectivity index (χ4v) is 2.21. The third-order valence-electron chi connectivity index (χ3n) is 3.27. The highest BCUT2D eigenvalue weighted by atomic mass is 16.6. The maximum Gasteiger partial charge on any atom is 0.290 e. The van der Waals surface area contributed by atoms with E-state index in [0.29, 0.717) is 37.3 Å². The molecule has 0 spiro atoms. The average Bonchev–Trinajstić information content (AvgIpc) is 3.16. The van der Waals surface area contributed by atoms with Crippen molar-refractivity contribution in [3.63, 3.8) is 0 Å². The van der Waals surface area contributed by atoms with Crippen LogP contribution in [-0.2, 0) is 25.5 Å². The van der Waals surface area contributed by atoms with E-state index in [-0.39, 0.29) is 24.3 Å². The first-order valence-corrected chi connectivity index (χ1v) is 6.93. The van der Waals surface area contributed by atoms with Crippen molar-refractivity contribution in [2.75, 3.05) is 19.8 Å². The first kappa shape index (κ1) is 13.9. The summed E-state index contributed by atoms with van der Waals surface area (Å²) in [6, 6.07) is 0. The molecule has 1 amide bonds. The van der Waals surface area contributed by atoms with Crippen molar-refractivity contribution in [2.24, 2.45) is 0 Å². The Labute approximate surface area is 121 Å². The molecule has 3 heterocycles. The van der Waals surface area contributed by atoms with Crippen LogP contribution in [0.4, 0.5) is 0 Å². The number of nitrogens with one attached hydrogen (secondary N) is 1. The minimum absolute atomic E-state index is 0.123. The minimum atomic E-state index is -0.351. The second kappa shape index (κ2) is 6.13. The molecule has 1 aromatic rings. The smallest absolute Gasteiger partial charge is 0.290 e. The molecule has 0 aromatic carbocycles. The fourth-order valence-electron chi connectivity index (χ4n) is 2.21. The first-order valence-electron chi connectivity index (χ1n) is 6.93. The fraction of sp³-hybridized carbons (Fsp3) is 0.615. The second-order valence-corrected chi connectivity index (χ2v) is 4.82. The molecule has 8 nitrogen and oxygen atoms in total. The SMILES string of the molecule is CC1=C(C(=O)NCc2noc(C3CCCO3)n2)OCCO1. The highest BCUT2D eigenvalue weighted by molar-refractivity contribution is 5.91. The zero-order valence-electron chi connectivity index (χ0n) is 11.8. The summed E-state index contributed by atoms with van der Waals surface area (Å²) < 4.78 is 21.1. The molecular formula is C13H17N3O5. The van der Waals surface area contributed by atoms with Gasteiger partial charge in [0.15, 0.2) is 5.82 Å². The van der Waals surface area contributed by atoms with E-state index in [0.717, 1.165) is 12.8 Å². The summed E-state index contributed by atoms with van der Waals surface area (Å²) in [5.41, 5.74) is 0. The van der Waals surface area contributed by atoms with Gasteiger partial charge in [0.2, 0.25) is 5.76 Å². The normalized spacial score (nSPS) is 21.9. The van der Waals surface area contributed by atoms with Crippen molar-refractivity contribution in [1.82, 2.24) is 15.5 Å². The van der Waals surface area contributed by atoms with Crippen molar-refractivity contribution in [1.29, 1.82) is 0 Å². The number of carbonyl (C=O) groups excluding carboxylic acids is 1. The van der Waals surface area contributed by atoms with Crippen LogP contribution in [0.25, 0.3) is 0 Å². The molecule has 114 valence electrons. The molecule has 1 fully saturated rings. The van der Waals surface area contributed by atoms with E-state index < -0.39 is 0 Å². The summed E-state index contributed by atoms with van der Waals surface area (Å²) in [7, 11) is 0. The van der Waals surface area contributed by atoms with Gasteiger partial charge in [0.1, 0.15) is 25.1 Å². The zero-order chi connectivity index (χ0) is 14.7. The summed E-state index contributed by atoms with van der Waals surface area (Å²) in [6.45, 7) is 3.39. The van der Waals surface area contributed by atoms with Crippen molar-refractivity contribution >= 4 is 5.91 Å². The number of nitrogens with zero attached hydrogens (tertiary/aromatic N) is 2. The van der Waals surface area contributed by atoms with Crippen molar-refractivity contribution in [3.05, 3.63) is 23.2 Å². The van der Waals surface area contributed by atoms with Crippen LogP contribution in [0.3, 0.4) is 0 Å². The van der Waals surface area contributed by atoms with Gasteiger partial charge in [0.25, 0.3) is 11.8 Å². The minimum Gasteiger partial charge on any atom is -0.491 e. The van der Waals surface area contributed by atoms with Gasteiger partial charge in [-0.2, -0.15) is 4.98 Å². The highest BCUT2D eigenvalue weighted by Gasteiger charge is 2.24. The summed E-state index contributed by atoms with van der Waals surface area (Å²) >= 11 is 0. The summed E-state index contributed by atoms with van der Waals surface area (Å²) in [4.78, 5) is 16.2. The second-order valence-electron chi connectivity index (χ2n) is 4.82. The number of hydrogen-bond acceptors (Lipinski definition) is 7. The highest BCUT2D eigenvalue weighted by Crippen LogP contribution is 2.26. The van der Waals surface area contributed by atoms with Gasteiger partial charge in [-0.05, 0) is 19.8 Å². The van der Waals surface area contributed by atoms with Gasteiger partial charge in [-0.3, -0.25) is 4.79 Å². The van der Waals surface area contributed by atoms with Gasteiger partial charge in [-0.1, -0.05) is 5.16 Å². The van der Waals surface area contributed by atoms with Gasteiger partial charge in [-0.15, -0.1) is 0 Å². The summed E-state index contributed by atoms with van der Waals surface area (Å²) in [5, 5.41) is 6.50. The number of aromatic nitrogens is 2. The lowest BCUT2D eigenvalue weighted by molar-refractivity contribution is -0.122. The molecule has 2 aliphatic rings. The van der Waals surface area contributed by atoms with Crippen LogP contribution in [-0.4, -0.2) is 35.9 Å². The zero-order valence-corrected chi connectivity index (χ0v) is 11.8. The maximum atomic E-state index is 12.0. The van der Waals surface area contributed by atoms with E-state index in [9.17, 15) is 4.79 Å². The Morgan fingerprint density at radius 1 is 1.33 bits per heavy atom. The van der Waals surface area contributed by atoms with Crippen molar-refractivity contribution in [2.45, 2.75) is 32.4 Å². The standard InChI is InChI=1S/C13H17N3O5/c1-8-11(20-6-5-18-8)12(17)14-7-10-15-13(21-16-10)9-3-2-4-19-9/h9H,2-7H2,1H3,(H,14,17). The molecule has 2 aliphatic heterocycles. The number of amides is 1. The molecule has 3 rings (SSSR count). The third-order valence-corrected chi connectivity index (χ3v) is 3.27. The summed E-state index contributed by atoms with van der Waals surface area (Å²) in [6.07, 6.45) is 1.75. The van der Waals surface area contributed by atoms with E-state index in [4.69, 9.17) is 18.7 Å². The molecule has 21 heavy (non-hydrogen) atoms. The van der Waals surface area contributed by atoms with E-state index in [1.54, 1.807) is 6.92 Å². The average molecular weight is 295 g/mol. The quantitative estimate of drug-likeness (QED) is 0.878. The number of carbonyl (C=O) groups is 1. The Morgan fingerprint density at radius 2 is 2.19 bits per heavy atom. The van der Waals surface area contributed by atoms with Crippen LogP contribution in [0.1, 0.15) is 37.6 Å². The lowest BCUT2D eigenvalue weighted by atomic mass is 10.2. The van der Waals surface area contributed by atoms with E-state index >= 15 is 0 Å². The van der Waals surface area contributed by atoms with Crippen molar-refractivity contribution < 1.29 is 23.5 Å². The van der Waals surface area contributed by atoms with Gasteiger partial charge in [0.05, 0.1) is 6.54 Å². The molecule has 1 saturated heterocycles. The Kier molecular flexibility index (Phi) is 4.05. The Balaban J connectivity index is 1.56. The van der Waals surface area contributed by atoms with Crippen LogP contribution < -0.4 is 5.32 Å². The predicted molar refractivity (Wildman–Crippen MR) is 68.7 cm³/mol. The van der Waals surface area contributed by atoms with Crippen molar-refractivity contribution in [3.8, 4) is 0 Å². The number of allylic oxidation sites excluding steroid dienone is 1. The molecule has 0 radical (unpaired) electrons. The van der Waals surface area contributed by atoms with Crippen LogP contribution in [0.2, 0.25) is 0 Å². The van der Waals surface area contributed by atoms with Gasteiger partial charge in [-0.25, -0.2) is 0 Å².